The molecule has 0 amide bonds. The maximum atomic E-state index is 4.56. The molecule has 0 fully saturated rings. The number of hydrogen-bond donors (Lipinski definition) is 1. The predicted molar refractivity (Wildman–Crippen MR) is 124 cm³/mol. The van der Waals surface area contributed by atoms with E-state index in [1.165, 1.54) is 29.6 Å². The number of H-pyrrole nitrogens is 1. The number of fused-ring (bicyclic) bond motifs is 1. The largest absolute Gasteiger partial charge is 0.346 e. The van der Waals surface area contributed by atoms with Crippen molar-refractivity contribution in [2.24, 2.45) is 0 Å². The first-order valence-electron chi connectivity index (χ1n) is 10.5. The normalized spacial score (nSPS) is 14.5. The Balaban J connectivity index is 0. The Kier molecular flexibility index (Phi) is 13.8. The molecule has 0 radical (unpaired) electrons. The summed E-state index contributed by atoms with van der Waals surface area (Å²) in [6, 6.07) is 0. The van der Waals surface area contributed by atoms with E-state index in [1.54, 1.807) is 6.33 Å². The van der Waals surface area contributed by atoms with Gasteiger partial charge in [0.25, 0.3) is 0 Å². The minimum Gasteiger partial charge on any atom is -0.346 e. The van der Waals surface area contributed by atoms with Crippen LogP contribution in [0.15, 0.2) is 42.9 Å². The van der Waals surface area contributed by atoms with Crippen LogP contribution in [0.5, 0.6) is 0 Å². The van der Waals surface area contributed by atoms with Crippen LogP contribution in [-0.4, -0.2) is 15.0 Å². The summed E-state index contributed by atoms with van der Waals surface area (Å²) in [6.45, 7) is 17.8. The first-order chi connectivity index (χ1) is 13.2. The molecular weight excluding hydrogens is 330 g/mol. The fourth-order valence-electron chi connectivity index (χ4n) is 2.84. The molecule has 2 aromatic heterocycles. The number of nitrogens with one attached hydrogen (secondary N) is 1. The van der Waals surface area contributed by atoms with E-state index in [1.807, 2.05) is 40.0 Å². The van der Waals surface area contributed by atoms with Crippen molar-refractivity contribution in [3.05, 3.63) is 54.2 Å². The van der Waals surface area contributed by atoms with E-state index in [9.17, 15) is 0 Å². The van der Waals surface area contributed by atoms with Gasteiger partial charge in [0.2, 0.25) is 0 Å². The van der Waals surface area contributed by atoms with E-state index in [4.69, 9.17) is 0 Å². The van der Waals surface area contributed by atoms with Crippen LogP contribution in [0.2, 0.25) is 0 Å². The zero-order valence-electron chi connectivity index (χ0n) is 18.5. The Hall–Kier alpha value is -2.16. The molecule has 3 rings (SSSR count). The molecule has 1 N–H and O–H groups in total. The number of aromatic amines is 1. The molecule has 0 saturated carbocycles. The lowest BCUT2D eigenvalue weighted by Crippen LogP contribution is -1.96. The van der Waals surface area contributed by atoms with Crippen molar-refractivity contribution in [2.45, 2.75) is 80.6 Å². The summed E-state index contributed by atoms with van der Waals surface area (Å²) in [5.74, 6) is 0. The smallest absolute Gasteiger partial charge is 0.141 e. The van der Waals surface area contributed by atoms with Crippen molar-refractivity contribution in [3.63, 3.8) is 0 Å². The average Bonchev–Trinajstić information content (AvgIpc) is 2.97. The van der Waals surface area contributed by atoms with Gasteiger partial charge in [-0.25, -0.2) is 9.97 Å². The van der Waals surface area contributed by atoms with Gasteiger partial charge in [0.1, 0.15) is 12.0 Å². The Morgan fingerprint density at radius 3 is 2.44 bits per heavy atom. The number of allylic oxidation sites excluding steroid dienone is 5. The van der Waals surface area contributed by atoms with Gasteiger partial charge in [-0.1, -0.05) is 52.8 Å². The predicted octanol–water partition coefficient (Wildman–Crippen LogP) is 8.05. The first kappa shape index (κ1) is 24.8. The standard InChI is InChI=1S/C16H19N3.C4H8.2C2H6.H2/c1-3-12-7-5-4-6-8-13(12)15-14-11(2)9-17-16(14)19-10-18-15;1-3-4-2;2*1-2;/h3,8-10H,4-7H2,1-2H3,(H,17,18,19);3H,1,4H2,2H3;2*1-2H3;1H/b12-3+;;;;. The lowest BCUT2D eigenvalue weighted by molar-refractivity contribution is 0.765. The second kappa shape index (κ2) is 15.0. The highest BCUT2D eigenvalue weighted by Gasteiger charge is 2.16. The molecule has 0 bridgehead atoms. The molecule has 152 valence electrons. The van der Waals surface area contributed by atoms with Crippen molar-refractivity contribution >= 4 is 16.6 Å². The summed E-state index contributed by atoms with van der Waals surface area (Å²) < 4.78 is 0. The summed E-state index contributed by atoms with van der Waals surface area (Å²) in [7, 11) is 0. The van der Waals surface area contributed by atoms with Crippen LogP contribution in [0.4, 0.5) is 0 Å². The monoisotopic (exact) mass is 371 g/mol. The van der Waals surface area contributed by atoms with Gasteiger partial charge < -0.3 is 4.98 Å². The van der Waals surface area contributed by atoms with E-state index < -0.39 is 0 Å². The van der Waals surface area contributed by atoms with Crippen molar-refractivity contribution in [2.75, 3.05) is 0 Å². The first-order valence-corrected chi connectivity index (χ1v) is 10.5. The number of aromatic nitrogens is 3. The second-order valence-corrected chi connectivity index (χ2v) is 5.79. The van der Waals surface area contributed by atoms with E-state index in [2.05, 4.69) is 54.5 Å². The number of hydrogen-bond acceptors (Lipinski definition) is 2. The van der Waals surface area contributed by atoms with E-state index in [-0.39, 0.29) is 1.43 Å². The molecule has 1 aliphatic carbocycles. The highest BCUT2D eigenvalue weighted by molar-refractivity contribution is 5.94. The molecule has 2 aromatic rings. The van der Waals surface area contributed by atoms with Crippen LogP contribution >= 0.6 is 0 Å². The maximum absolute atomic E-state index is 4.56. The minimum absolute atomic E-state index is 0. The van der Waals surface area contributed by atoms with Gasteiger partial charge >= 0.3 is 0 Å². The van der Waals surface area contributed by atoms with Crippen LogP contribution in [0.1, 0.15) is 86.3 Å². The van der Waals surface area contributed by atoms with Gasteiger partial charge in [-0.15, -0.1) is 6.58 Å². The third-order valence-electron chi connectivity index (χ3n) is 4.15. The molecular formula is C24H41N3. The minimum atomic E-state index is 0. The van der Waals surface area contributed by atoms with Gasteiger partial charge in [-0.05, 0) is 62.7 Å². The van der Waals surface area contributed by atoms with Crippen LogP contribution in [0.25, 0.3) is 16.6 Å². The van der Waals surface area contributed by atoms with Crippen molar-refractivity contribution in [3.8, 4) is 0 Å². The molecule has 2 heterocycles. The van der Waals surface area contributed by atoms with Gasteiger partial charge in [-0.2, -0.15) is 0 Å². The third-order valence-corrected chi connectivity index (χ3v) is 4.15. The van der Waals surface area contributed by atoms with Crippen LogP contribution < -0.4 is 0 Å². The quantitative estimate of drug-likeness (QED) is 0.542. The van der Waals surface area contributed by atoms with Crippen LogP contribution in [0.3, 0.4) is 0 Å². The summed E-state index contributed by atoms with van der Waals surface area (Å²) in [5, 5.41) is 1.16. The molecule has 0 aliphatic heterocycles. The third kappa shape index (κ3) is 7.16. The highest BCUT2D eigenvalue weighted by Crippen LogP contribution is 2.34. The van der Waals surface area contributed by atoms with Crippen molar-refractivity contribution in [1.29, 1.82) is 0 Å². The molecule has 3 heteroatoms. The summed E-state index contributed by atoms with van der Waals surface area (Å²) in [5.41, 5.74) is 5.95. The Bertz CT molecular complexity index is 727. The number of nitrogens with zero attached hydrogens (tertiary/aromatic N) is 2. The Labute approximate surface area is 168 Å². The van der Waals surface area contributed by atoms with Crippen molar-refractivity contribution < 1.29 is 1.43 Å². The summed E-state index contributed by atoms with van der Waals surface area (Å²) >= 11 is 0. The van der Waals surface area contributed by atoms with E-state index in [0.29, 0.717) is 0 Å². The number of aryl methyl sites for hydroxylation is 1. The average molecular weight is 372 g/mol. The molecule has 0 spiro atoms. The fourth-order valence-corrected chi connectivity index (χ4v) is 2.84. The molecule has 0 saturated heterocycles. The molecule has 3 nitrogen and oxygen atoms in total. The molecule has 0 unspecified atom stereocenters. The zero-order chi connectivity index (χ0) is 20.7. The van der Waals surface area contributed by atoms with E-state index >= 15 is 0 Å². The van der Waals surface area contributed by atoms with Crippen LogP contribution in [-0.2, 0) is 0 Å². The van der Waals surface area contributed by atoms with Gasteiger partial charge in [-0.3, -0.25) is 0 Å². The van der Waals surface area contributed by atoms with Gasteiger partial charge in [0, 0.05) is 13.0 Å². The molecule has 0 atom stereocenters. The van der Waals surface area contributed by atoms with Crippen LogP contribution in [0, 0.1) is 6.92 Å². The van der Waals surface area contributed by atoms with Crippen molar-refractivity contribution in [1.82, 2.24) is 15.0 Å². The lowest BCUT2D eigenvalue weighted by Gasteiger charge is -2.10. The van der Waals surface area contributed by atoms with E-state index in [0.717, 1.165) is 36.0 Å². The summed E-state index contributed by atoms with van der Waals surface area (Å²) in [4.78, 5) is 12.1. The molecule has 1 aliphatic rings. The molecule has 27 heavy (non-hydrogen) atoms. The van der Waals surface area contributed by atoms with Gasteiger partial charge in [0.05, 0.1) is 5.69 Å². The SMILES string of the molecule is C/C=C1\CCCCC=C1c1ncnc2[nH]cc(C)c12.C=CCC.CC.CC.[HH]. The Morgan fingerprint density at radius 1 is 1.19 bits per heavy atom. The second-order valence-electron chi connectivity index (χ2n) is 5.79. The molecule has 0 aromatic carbocycles. The lowest BCUT2D eigenvalue weighted by atomic mass is 9.97. The number of rotatable bonds is 2. The highest BCUT2D eigenvalue weighted by atomic mass is 14.9. The Morgan fingerprint density at radius 2 is 1.85 bits per heavy atom. The topological polar surface area (TPSA) is 41.6 Å². The zero-order valence-corrected chi connectivity index (χ0v) is 18.5. The maximum Gasteiger partial charge on any atom is 0.141 e. The fraction of sp³-hybridized carbons (Fsp3) is 0.500. The van der Waals surface area contributed by atoms with Gasteiger partial charge in [0.15, 0.2) is 0 Å². The summed E-state index contributed by atoms with van der Waals surface area (Å²) in [6.07, 6.45) is 16.0.